The number of hydrogen-bond donors (Lipinski definition) is 0. The molecule has 1 heterocycles. The summed E-state index contributed by atoms with van der Waals surface area (Å²) >= 11 is 6.27. The van der Waals surface area contributed by atoms with Gasteiger partial charge < -0.3 is 0 Å². The Bertz CT molecular complexity index is 697. The first-order chi connectivity index (χ1) is 14.6. The topological polar surface area (TPSA) is 6.48 Å². The van der Waals surface area contributed by atoms with Crippen LogP contribution in [0.4, 0.5) is 0 Å². The molecule has 3 fully saturated rings. The number of benzene rings is 1. The van der Waals surface area contributed by atoms with Crippen LogP contribution in [0.2, 0.25) is 5.02 Å². The Hall–Kier alpha value is -0.830. The minimum Gasteiger partial charge on any atom is -0.300 e. The molecule has 0 radical (unpaired) electrons. The second-order valence-electron chi connectivity index (χ2n) is 10.4. The second-order valence-corrected chi connectivity index (χ2v) is 10.8. The SMILES string of the molecule is C=CCN(CC1CC1)C1(c2ccc(Cl)cc2)CCC(N2CCC(CCC)C2)C(C)C1. The smallest absolute Gasteiger partial charge is 0.0467 e. The van der Waals surface area contributed by atoms with Crippen molar-refractivity contribution in [1.29, 1.82) is 0 Å². The fourth-order valence-corrected chi connectivity index (χ4v) is 6.60. The molecule has 0 amide bonds. The van der Waals surface area contributed by atoms with Gasteiger partial charge in [-0.1, -0.05) is 50.1 Å². The molecule has 2 aliphatic carbocycles. The summed E-state index contributed by atoms with van der Waals surface area (Å²) in [6.45, 7) is 13.8. The Labute approximate surface area is 189 Å². The van der Waals surface area contributed by atoms with Gasteiger partial charge in [0, 0.05) is 36.2 Å². The number of halogens is 1. The number of nitrogens with zero attached hydrogens (tertiary/aromatic N) is 2. The van der Waals surface area contributed by atoms with Crippen LogP contribution in [0.5, 0.6) is 0 Å². The molecule has 0 spiro atoms. The summed E-state index contributed by atoms with van der Waals surface area (Å²) in [6.07, 6.45) is 12.9. The maximum absolute atomic E-state index is 6.27. The lowest BCUT2D eigenvalue weighted by Gasteiger charge is -2.52. The Morgan fingerprint density at radius 3 is 2.57 bits per heavy atom. The first kappa shape index (κ1) is 22.4. The predicted octanol–water partition coefficient (Wildman–Crippen LogP) is 6.74. The number of likely N-dealkylation sites (tertiary alicyclic amines) is 1. The average Bonchev–Trinajstić information content (AvgIpc) is 3.44. The van der Waals surface area contributed by atoms with Gasteiger partial charge in [0.2, 0.25) is 0 Å². The molecule has 0 N–H and O–H groups in total. The fraction of sp³-hybridized carbons (Fsp3) is 0.704. The van der Waals surface area contributed by atoms with Crippen molar-refractivity contribution in [2.75, 3.05) is 26.2 Å². The van der Waals surface area contributed by atoms with E-state index in [9.17, 15) is 0 Å². The van der Waals surface area contributed by atoms with Crippen molar-refractivity contribution < 1.29 is 0 Å². The standard InChI is InChI=1S/C27H41ClN2/c1-4-6-22-14-17-29(19-22)26-13-15-27(18-21(26)3,24-9-11-25(28)12-10-24)30(16-5-2)20-23-7-8-23/h5,9-12,21-23,26H,2,4,6-8,13-20H2,1,3H3. The molecule has 4 rings (SSSR count). The summed E-state index contributed by atoms with van der Waals surface area (Å²) in [4.78, 5) is 5.62. The van der Waals surface area contributed by atoms with Gasteiger partial charge in [0.25, 0.3) is 0 Å². The second kappa shape index (κ2) is 9.76. The minimum absolute atomic E-state index is 0.125. The molecule has 166 valence electrons. The quantitative estimate of drug-likeness (QED) is 0.401. The van der Waals surface area contributed by atoms with Crippen LogP contribution in [0.1, 0.15) is 70.8 Å². The van der Waals surface area contributed by atoms with E-state index in [0.29, 0.717) is 5.92 Å². The molecular formula is C27H41ClN2. The fourth-order valence-electron chi connectivity index (χ4n) is 6.48. The van der Waals surface area contributed by atoms with Crippen molar-refractivity contribution in [2.24, 2.45) is 17.8 Å². The summed E-state index contributed by atoms with van der Waals surface area (Å²) in [5.41, 5.74) is 1.59. The van der Waals surface area contributed by atoms with E-state index in [-0.39, 0.29) is 5.54 Å². The first-order valence-electron chi connectivity index (χ1n) is 12.4. The normalized spacial score (nSPS) is 32.6. The van der Waals surface area contributed by atoms with Crippen molar-refractivity contribution in [2.45, 2.75) is 76.8 Å². The van der Waals surface area contributed by atoms with Crippen LogP contribution in [-0.2, 0) is 5.54 Å². The lowest BCUT2D eigenvalue weighted by Crippen LogP contribution is -2.54. The zero-order chi connectivity index (χ0) is 21.1. The van der Waals surface area contributed by atoms with Gasteiger partial charge >= 0.3 is 0 Å². The molecule has 2 saturated carbocycles. The average molecular weight is 429 g/mol. The Morgan fingerprint density at radius 1 is 1.17 bits per heavy atom. The van der Waals surface area contributed by atoms with Crippen LogP contribution in [0.3, 0.4) is 0 Å². The molecular weight excluding hydrogens is 388 g/mol. The van der Waals surface area contributed by atoms with Gasteiger partial charge in [0.1, 0.15) is 0 Å². The van der Waals surface area contributed by atoms with E-state index < -0.39 is 0 Å². The van der Waals surface area contributed by atoms with E-state index >= 15 is 0 Å². The molecule has 0 aromatic heterocycles. The Kier molecular flexibility index (Phi) is 7.27. The summed E-state index contributed by atoms with van der Waals surface area (Å²) in [5.74, 6) is 2.52. The van der Waals surface area contributed by atoms with E-state index in [0.717, 1.165) is 29.4 Å². The molecule has 2 nitrogen and oxygen atoms in total. The third-order valence-electron chi connectivity index (χ3n) is 8.17. The van der Waals surface area contributed by atoms with Crippen LogP contribution < -0.4 is 0 Å². The maximum atomic E-state index is 6.27. The highest BCUT2D eigenvalue weighted by Gasteiger charge is 2.47. The van der Waals surface area contributed by atoms with Crippen LogP contribution >= 0.6 is 11.6 Å². The largest absolute Gasteiger partial charge is 0.300 e. The van der Waals surface area contributed by atoms with Crippen molar-refractivity contribution >= 4 is 11.6 Å². The van der Waals surface area contributed by atoms with Crippen LogP contribution in [0, 0.1) is 17.8 Å². The van der Waals surface area contributed by atoms with Crippen molar-refractivity contribution in [3.63, 3.8) is 0 Å². The maximum Gasteiger partial charge on any atom is 0.0467 e. The van der Waals surface area contributed by atoms with Gasteiger partial charge in [-0.25, -0.2) is 0 Å². The third-order valence-corrected chi connectivity index (χ3v) is 8.42. The molecule has 3 heteroatoms. The van der Waals surface area contributed by atoms with Crippen molar-refractivity contribution in [3.05, 3.63) is 47.5 Å². The Morgan fingerprint density at radius 2 is 1.93 bits per heavy atom. The predicted molar refractivity (Wildman–Crippen MR) is 129 cm³/mol. The van der Waals surface area contributed by atoms with Gasteiger partial charge in [0.15, 0.2) is 0 Å². The molecule has 30 heavy (non-hydrogen) atoms. The Balaban J connectivity index is 1.56. The van der Waals surface area contributed by atoms with E-state index in [4.69, 9.17) is 11.6 Å². The van der Waals surface area contributed by atoms with E-state index in [1.165, 1.54) is 76.6 Å². The van der Waals surface area contributed by atoms with Gasteiger partial charge in [0.05, 0.1) is 0 Å². The zero-order valence-corrected chi connectivity index (χ0v) is 19.9. The van der Waals surface area contributed by atoms with Gasteiger partial charge in [-0.2, -0.15) is 0 Å². The van der Waals surface area contributed by atoms with Gasteiger partial charge in [-0.3, -0.25) is 9.80 Å². The number of rotatable bonds is 9. The highest BCUT2D eigenvalue weighted by Crippen LogP contribution is 2.48. The van der Waals surface area contributed by atoms with Crippen molar-refractivity contribution in [3.8, 4) is 0 Å². The minimum atomic E-state index is 0.125. The summed E-state index contributed by atoms with van der Waals surface area (Å²) in [7, 11) is 0. The third kappa shape index (κ3) is 4.81. The van der Waals surface area contributed by atoms with Crippen LogP contribution in [-0.4, -0.2) is 42.0 Å². The van der Waals surface area contributed by atoms with E-state index in [1.54, 1.807) is 0 Å². The molecule has 0 bridgehead atoms. The lowest BCUT2D eigenvalue weighted by atomic mass is 9.68. The van der Waals surface area contributed by atoms with Crippen LogP contribution in [0.25, 0.3) is 0 Å². The summed E-state index contributed by atoms with van der Waals surface area (Å²) in [6, 6.07) is 9.53. The summed E-state index contributed by atoms with van der Waals surface area (Å²) < 4.78 is 0. The van der Waals surface area contributed by atoms with Crippen molar-refractivity contribution in [1.82, 2.24) is 9.80 Å². The molecule has 1 aromatic rings. The zero-order valence-electron chi connectivity index (χ0n) is 19.2. The molecule has 4 unspecified atom stereocenters. The molecule has 1 aromatic carbocycles. The number of hydrogen-bond acceptors (Lipinski definition) is 2. The first-order valence-corrected chi connectivity index (χ1v) is 12.8. The highest BCUT2D eigenvalue weighted by molar-refractivity contribution is 6.30. The van der Waals surface area contributed by atoms with Crippen LogP contribution in [0.15, 0.2) is 36.9 Å². The molecule has 1 aliphatic heterocycles. The molecule has 1 saturated heterocycles. The summed E-state index contributed by atoms with van der Waals surface area (Å²) in [5, 5.41) is 0.840. The van der Waals surface area contributed by atoms with E-state index in [2.05, 4.69) is 60.6 Å². The molecule has 3 aliphatic rings. The molecule has 4 atom stereocenters. The lowest BCUT2D eigenvalue weighted by molar-refractivity contribution is -0.00379. The van der Waals surface area contributed by atoms with E-state index in [1.807, 2.05) is 0 Å². The highest BCUT2D eigenvalue weighted by atomic mass is 35.5. The van der Waals surface area contributed by atoms with Gasteiger partial charge in [-0.15, -0.1) is 6.58 Å². The van der Waals surface area contributed by atoms with Gasteiger partial charge in [-0.05, 0) is 86.9 Å². The monoisotopic (exact) mass is 428 g/mol.